The maximum atomic E-state index is 12.5. The predicted octanol–water partition coefficient (Wildman–Crippen LogP) is 3.65. The quantitative estimate of drug-likeness (QED) is 0.789. The highest BCUT2D eigenvalue weighted by Gasteiger charge is 2.24. The van der Waals surface area contributed by atoms with Gasteiger partial charge in [-0.2, -0.15) is 11.3 Å². The second-order valence-electron chi connectivity index (χ2n) is 6.56. The lowest BCUT2D eigenvalue weighted by Gasteiger charge is -2.32. The monoisotopic (exact) mass is 339 g/mol. The molecule has 3 heterocycles. The van der Waals surface area contributed by atoms with Gasteiger partial charge in [0.15, 0.2) is 0 Å². The van der Waals surface area contributed by atoms with Crippen LogP contribution in [0, 0.1) is 5.92 Å². The minimum atomic E-state index is 0.253. The fraction of sp³-hybridized carbons (Fsp3) is 0.368. The number of likely N-dealkylation sites (tertiary alicyclic amines) is 1. The number of thiophene rings is 1. The lowest BCUT2D eigenvalue weighted by molar-refractivity contribution is -0.132. The summed E-state index contributed by atoms with van der Waals surface area (Å²) >= 11 is 1.65. The zero-order valence-electron chi connectivity index (χ0n) is 13.6. The zero-order valence-corrected chi connectivity index (χ0v) is 14.4. The van der Waals surface area contributed by atoms with E-state index >= 15 is 0 Å². The SMILES string of the molecule is O=C(Cc1ccsc1)N1CCC[C@H](Cc2nc3ccccc3[nH]2)C1. The second kappa shape index (κ2) is 6.77. The van der Waals surface area contributed by atoms with Crippen molar-refractivity contribution in [1.82, 2.24) is 14.9 Å². The molecule has 1 atom stereocenters. The fourth-order valence-corrected chi connectivity index (χ4v) is 4.18. The number of imidazole rings is 1. The molecule has 4 rings (SSSR count). The van der Waals surface area contributed by atoms with Gasteiger partial charge < -0.3 is 9.88 Å². The van der Waals surface area contributed by atoms with Gasteiger partial charge in [0.25, 0.3) is 0 Å². The summed E-state index contributed by atoms with van der Waals surface area (Å²) in [4.78, 5) is 22.6. The van der Waals surface area contributed by atoms with Crippen LogP contribution < -0.4 is 0 Å². The molecule has 5 heteroatoms. The van der Waals surface area contributed by atoms with Crippen molar-refractivity contribution < 1.29 is 4.79 Å². The zero-order chi connectivity index (χ0) is 16.4. The van der Waals surface area contributed by atoms with E-state index in [9.17, 15) is 4.79 Å². The number of hydrogen-bond acceptors (Lipinski definition) is 3. The van der Waals surface area contributed by atoms with E-state index in [0.29, 0.717) is 12.3 Å². The molecule has 0 aliphatic carbocycles. The van der Waals surface area contributed by atoms with Crippen molar-refractivity contribution in [2.24, 2.45) is 5.92 Å². The van der Waals surface area contributed by atoms with Crippen LogP contribution in [0.1, 0.15) is 24.2 Å². The maximum Gasteiger partial charge on any atom is 0.227 e. The van der Waals surface area contributed by atoms with Crippen LogP contribution in [0.5, 0.6) is 0 Å². The Hall–Kier alpha value is -2.14. The van der Waals surface area contributed by atoms with Crippen LogP contribution in [-0.2, 0) is 17.6 Å². The van der Waals surface area contributed by atoms with Gasteiger partial charge in [-0.15, -0.1) is 0 Å². The van der Waals surface area contributed by atoms with Gasteiger partial charge >= 0.3 is 0 Å². The van der Waals surface area contributed by atoms with E-state index in [4.69, 9.17) is 0 Å². The molecule has 124 valence electrons. The molecule has 0 bridgehead atoms. The third kappa shape index (κ3) is 3.36. The molecular weight excluding hydrogens is 318 g/mol. The van der Waals surface area contributed by atoms with Gasteiger partial charge in [-0.05, 0) is 53.3 Å². The molecule has 1 amide bonds. The Morgan fingerprint density at radius 3 is 3.08 bits per heavy atom. The molecule has 4 nitrogen and oxygen atoms in total. The van der Waals surface area contributed by atoms with E-state index in [0.717, 1.165) is 48.4 Å². The van der Waals surface area contributed by atoms with Gasteiger partial charge in [-0.25, -0.2) is 4.98 Å². The van der Waals surface area contributed by atoms with Crippen molar-refractivity contribution >= 4 is 28.3 Å². The molecule has 0 saturated carbocycles. The molecule has 0 spiro atoms. The Balaban J connectivity index is 1.40. The molecule has 0 unspecified atom stereocenters. The molecule has 1 saturated heterocycles. The van der Waals surface area contributed by atoms with E-state index in [1.807, 2.05) is 34.5 Å². The van der Waals surface area contributed by atoms with Crippen LogP contribution in [0.25, 0.3) is 11.0 Å². The number of benzene rings is 1. The van der Waals surface area contributed by atoms with Gasteiger partial charge in [-0.3, -0.25) is 4.79 Å². The summed E-state index contributed by atoms with van der Waals surface area (Å²) < 4.78 is 0. The first-order valence-electron chi connectivity index (χ1n) is 8.50. The van der Waals surface area contributed by atoms with E-state index in [1.165, 1.54) is 6.42 Å². The van der Waals surface area contributed by atoms with Crippen molar-refractivity contribution in [1.29, 1.82) is 0 Å². The number of para-hydroxylation sites is 2. The normalized spacial score (nSPS) is 18.2. The van der Waals surface area contributed by atoms with Crippen molar-refractivity contribution in [3.8, 4) is 0 Å². The number of aromatic nitrogens is 2. The van der Waals surface area contributed by atoms with Crippen molar-refractivity contribution in [3.63, 3.8) is 0 Å². The molecule has 2 aromatic heterocycles. The Labute approximate surface area is 145 Å². The molecule has 1 fully saturated rings. The van der Waals surface area contributed by atoms with E-state index in [2.05, 4.69) is 21.4 Å². The Kier molecular flexibility index (Phi) is 4.34. The minimum Gasteiger partial charge on any atom is -0.342 e. The van der Waals surface area contributed by atoms with Crippen molar-refractivity contribution in [3.05, 3.63) is 52.5 Å². The topological polar surface area (TPSA) is 49.0 Å². The number of aromatic amines is 1. The second-order valence-corrected chi connectivity index (χ2v) is 7.34. The molecule has 24 heavy (non-hydrogen) atoms. The van der Waals surface area contributed by atoms with Gasteiger partial charge in [0.1, 0.15) is 5.82 Å². The maximum absolute atomic E-state index is 12.5. The van der Waals surface area contributed by atoms with Crippen LogP contribution >= 0.6 is 11.3 Å². The highest BCUT2D eigenvalue weighted by Crippen LogP contribution is 2.22. The van der Waals surface area contributed by atoms with Crippen LogP contribution in [0.2, 0.25) is 0 Å². The average molecular weight is 339 g/mol. The molecule has 0 radical (unpaired) electrons. The number of carbonyl (C=O) groups is 1. The Bertz CT molecular complexity index is 791. The molecule has 1 N–H and O–H groups in total. The molecule has 1 aromatic carbocycles. The van der Waals surface area contributed by atoms with E-state index < -0.39 is 0 Å². The van der Waals surface area contributed by atoms with E-state index in [1.54, 1.807) is 11.3 Å². The largest absolute Gasteiger partial charge is 0.342 e. The molecule has 1 aliphatic rings. The molecular formula is C19H21N3OS. The van der Waals surface area contributed by atoms with Crippen LogP contribution in [0.15, 0.2) is 41.1 Å². The summed E-state index contributed by atoms with van der Waals surface area (Å²) in [5.41, 5.74) is 3.24. The summed E-state index contributed by atoms with van der Waals surface area (Å²) in [6.45, 7) is 1.74. The summed E-state index contributed by atoms with van der Waals surface area (Å²) in [6.07, 6.45) is 3.69. The highest BCUT2D eigenvalue weighted by atomic mass is 32.1. The fourth-order valence-electron chi connectivity index (χ4n) is 3.51. The lowest BCUT2D eigenvalue weighted by atomic mass is 9.94. The first kappa shape index (κ1) is 15.4. The number of piperidine rings is 1. The van der Waals surface area contributed by atoms with Gasteiger partial charge in [0, 0.05) is 19.5 Å². The van der Waals surface area contributed by atoms with Gasteiger partial charge in [-0.1, -0.05) is 12.1 Å². The third-order valence-corrected chi connectivity index (χ3v) is 5.46. The number of fused-ring (bicyclic) bond motifs is 1. The number of carbonyl (C=O) groups excluding carboxylic acids is 1. The van der Waals surface area contributed by atoms with Gasteiger partial charge in [0.05, 0.1) is 17.5 Å². The summed E-state index contributed by atoms with van der Waals surface area (Å²) in [5, 5.41) is 4.09. The van der Waals surface area contributed by atoms with Crippen LogP contribution in [-0.4, -0.2) is 33.9 Å². The summed E-state index contributed by atoms with van der Waals surface area (Å²) in [5.74, 6) is 1.78. The van der Waals surface area contributed by atoms with E-state index in [-0.39, 0.29) is 5.91 Å². The number of hydrogen-bond donors (Lipinski definition) is 1. The van der Waals surface area contributed by atoms with Gasteiger partial charge in [0.2, 0.25) is 5.91 Å². The molecule has 1 aliphatic heterocycles. The standard InChI is InChI=1S/C19H21N3OS/c23-19(11-15-7-9-24-13-15)22-8-3-4-14(12-22)10-18-20-16-5-1-2-6-17(16)21-18/h1-2,5-7,9,13-14H,3-4,8,10-12H2,(H,20,21)/t14-/m1/s1. The first-order chi connectivity index (χ1) is 11.8. The van der Waals surface area contributed by atoms with Crippen LogP contribution in [0.3, 0.4) is 0 Å². The molecule has 3 aromatic rings. The first-order valence-corrected chi connectivity index (χ1v) is 9.45. The van der Waals surface area contributed by atoms with Crippen LogP contribution in [0.4, 0.5) is 0 Å². The Morgan fingerprint density at radius 2 is 2.25 bits per heavy atom. The minimum absolute atomic E-state index is 0.253. The lowest BCUT2D eigenvalue weighted by Crippen LogP contribution is -2.41. The smallest absolute Gasteiger partial charge is 0.227 e. The Morgan fingerprint density at radius 1 is 1.33 bits per heavy atom. The summed E-state index contributed by atoms with van der Waals surface area (Å²) in [6, 6.07) is 10.2. The predicted molar refractivity (Wildman–Crippen MR) is 97.1 cm³/mol. The van der Waals surface area contributed by atoms with Crippen molar-refractivity contribution in [2.75, 3.05) is 13.1 Å². The number of nitrogens with one attached hydrogen (secondary N) is 1. The number of rotatable bonds is 4. The summed E-state index contributed by atoms with van der Waals surface area (Å²) in [7, 11) is 0. The average Bonchev–Trinajstić information content (AvgIpc) is 3.23. The number of nitrogens with zero attached hydrogens (tertiary/aromatic N) is 2. The third-order valence-electron chi connectivity index (χ3n) is 4.73. The number of H-pyrrole nitrogens is 1. The van der Waals surface area contributed by atoms with Crippen molar-refractivity contribution in [2.45, 2.75) is 25.7 Å². The highest BCUT2D eigenvalue weighted by molar-refractivity contribution is 7.08. The number of amides is 1.